The van der Waals surface area contributed by atoms with Crippen molar-refractivity contribution in [2.75, 3.05) is 4.90 Å². The molecule has 2 heterocycles. The molecular formula is C26H28ClN5. The van der Waals surface area contributed by atoms with Crippen LogP contribution in [0, 0.1) is 5.92 Å². The van der Waals surface area contributed by atoms with E-state index in [2.05, 4.69) is 46.3 Å². The van der Waals surface area contributed by atoms with E-state index in [4.69, 9.17) is 27.3 Å². The Balaban J connectivity index is 1.72. The molecule has 0 bridgehead atoms. The van der Waals surface area contributed by atoms with Crippen LogP contribution < -0.4 is 10.6 Å². The van der Waals surface area contributed by atoms with E-state index < -0.39 is 0 Å². The highest BCUT2D eigenvalue weighted by Crippen LogP contribution is 2.46. The van der Waals surface area contributed by atoms with E-state index in [0.717, 1.165) is 48.5 Å². The minimum absolute atomic E-state index is 0.00655. The van der Waals surface area contributed by atoms with Crippen LogP contribution in [0.4, 0.5) is 5.69 Å². The number of H-pyrrole nitrogens is 1. The van der Waals surface area contributed by atoms with Crippen LogP contribution in [-0.2, 0) is 13.0 Å². The third-order valence-electron chi connectivity index (χ3n) is 6.57. The molecule has 2 aliphatic rings. The van der Waals surface area contributed by atoms with Gasteiger partial charge in [-0.2, -0.15) is 0 Å². The average molecular weight is 446 g/mol. The highest BCUT2D eigenvalue weighted by atomic mass is 35.5. The molecule has 2 aliphatic carbocycles. The van der Waals surface area contributed by atoms with Crippen molar-refractivity contribution in [3.05, 3.63) is 101 Å². The molecule has 3 aromatic rings. The number of hydrogen-bond donors (Lipinski definition) is 2. The van der Waals surface area contributed by atoms with Gasteiger partial charge < -0.3 is 15.6 Å². The first kappa shape index (κ1) is 21.0. The molecule has 0 saturated carbocycles. The van der Waals surface area contributed by atoms with Crippen LogP contribution >= 0.6 is 11.6 Å². The van der Waals surface area contributed by atoms with Gasteiger partial charge in [-0.1, -0.05) is 48.0 Å². The van der Waals surface area contributed by atoms with E-state index >= 15 is 0 Å². The van der Waals surface area contributed by atoms with Crippen molar-refractivity contribution in [1.29, 1.82) is 0 Å². The van der Waals surface area contributed by atoms with Gasteiger partial charge in [-0.3, -0.25) is 4.98 Å². The van der Waals surface area contributed by atoms with Crippen LogP contribution in [0.15, 0.2) is 73.2 Å². The number of benzene rings is 1. The van der Waals surface area contributed by atoms with E-state index in [1.54, 1.807) is 0 Å². The summed E-state index contributed by atoms with van der Waals surface area (Å²) in [6.07, 6.45) is 18.5. The van der Waals surface area contributed by atoms with Gasteiger partial charge in [0.1, 0.15) is 5.82 Å². The number of imidazole rings is 1. The fourth-order valence-electron chi connectivity index (χ4n) is 5.13. The number of nitrogens with zero attached hydrogens (tertiary/aromatic N) is 3. The molecule has 5 rings (SSSR count). The van der Waals surface area contributed by atoms with Gasteiger partial charge in [0.15, 0.2) is 0 Å². The van der Waals surface area contributed by atoms with Crippen molar-refractivity contribution in [1.82, 2.24) is 15.0 Å². The number of rotatable bonds is 6. The Hall–Kier alpha value is -2.89. The van der Waals surface area contributed by atoms with Crippen LogP contribution in [0.5, 0.6) is 0 Å². The molecule has 5 nitrogen and oxygen atoms in total. The molecule has 0 radical (unpaired) electrons. The number of aryl methyl sites for hydroxylation is 1. The quantitative estimate of drug-likeness (QED) is 0.512. The number of aromatic nitrogens is 3. The smallest absolute Gasteiger partial charge is 0.129 e. The molecule has 164 valence electrons. The number of pyridine rings is 1. The lowest BCUT2D eigenvalue weighted by molar-refractivity contribution is 0.390. The molecule has 3 atom stereocenters. The van der Waals surface area contributed by atoms with E-state index in [-0.39, 0.29) is 18.0 Å². The van der Waals surface area contributed by atoms with Crippen molar-refractivity contribution >= 4 is 17.3 Å². The fraction of sp³-hybridized carbons (Fsp3) is 0.308. The molecule has 3 N–H and O–H groups in total. The van der Waals surface area contributed by atoms with Crippen molar-refractivity contribution in [2.45, 2.75) is 44.3 Å². The Kier molecular flexibility index (Phi) is 6.10. The predicted molar refractivity (Wildman–Crippen MR) is 129 cm³/mol. The Labute approximate surface area is 194 Å². The second kappa shape index (κ2) is 9.31. The summed E-state index contributed by atoms with van der Waals surface area (Å²) in [4.78, 5) is 15.5. The molecule has 3 unspecified atom stereocenters. The normalized spacial score (nSPS) is 20.7. The number of fused-ring (bicyclic) bond motifs is 1. The average Bonchev–Trinajstić information content (AvgIpc) is 3.37. The van der Waals surface area contributed by atoms with Crippen molar-refractivity contribution in [3.8, 4) is 0 Å². The number of anilines is 1. The minimum Gasteiger partial charge on any atom is -0.352 e. The lowest BCUT2D eigenvalue weighted by Crippen LogP contribution is -2.40. The number of hydrogen-bond acceptors (Lipinski definition) is 4. The van der Waals surface area contributed by atoms with Gasteiger partial charge in [0, 0.05) is 41.8 Å². The van der Waals surface area contributed by atoms with E-state index in [9.17, 15) is 0 Å². The number of halogens is 1. The third-order valence-corrected chi connectivity index (χ3v) is 6.80. The standard InChI is InChI=1S/C26H28ClN5/c27-21-12-11-20(17-28)23(16-21)32(22-10-4-8-18-9-5-13-29-24(18)22)25(26-30-14-15-31-26)19-6-2-1-3-7-19/h1-3,5-6,9,11-16,19,22,25H,4,7-8,10,17,28H2,(H,30,31). The largest absolute Gasteiger partial charge is 0.352 e. The van der Waals surface area contributed by atoms with Gasteiger partial charge >= 0.3 is 0 Å². The van der Waals surface area contributed by atoms with Crippen LogP contribution in [0.2, 0.25) is 5.02 Å². The predicted octanol–water partition coefficient (Wildman–Crippen LogP) is 5.67. The van der Waals surface area contributed by atoms with Gasteiger partial charge in [0.25, 0.3) is 0 Å². The summed E-state index contributed by atoms with van der Waals surface area (Å²) in [6.45, 7) is 0.441. The van der Waals surface area contributed by atoms with Crippen LogP contribution in [-0.4, -0.2) is 15.0 Å². The Morgan fingerprint density at radius 2 is 2.12 bits per heavy atom. The van der Waals surface area contributed by atoms with Crippen LogP contribution in [0.1, 0.15) is 54.0 Å². The van der Waals surface area contributed by atoms with Crippen LogP contribution in [0.3, 0.4) is 0 Å². The molecule has 6 heteroatoms. The Morgan fingerprint density at radius 3 is 2.91 bits per heavy atom. The molecular weight excluding hydrogens is 418 g/mol. The lowest BCUT2D eigenvalue weighted by atomic mass is 9.85. The van der Waals surface area contributed by atoms with E-state index in [0.29, 0.717) is 11.6 Å². The minimum atomic E-state index is -0.00655. The zero-order chi connectivity index (χ0) is 21.9. The van der Waals surface area contributed by atoms with Crippen molar-refractivity contribution < 1.29 is 0 Å². The van der Waals surface area contributed by atoms with Crippen molar-refractivity contribution in [3.63, 3.8) is 0 Å². The Morgan fingerprint density at radius 1 is 1.19 bits per heavy atom. The zero-order valence-electron chi connectivity index (χ0n) is 18.0. The summed E-state index contributed by atoms with van der Waals surface area (Å²) in [7, 11) is 0. The first-order valence-corrected chi connectivity index (χ1v) is 11.7. The Bertz CT molecular complexity index is 1120. The van der Waals surface area contributed by atoms with Crippen molar-refractivity contribution in [2.24, 2.45) is 11.7 Å². The second-order valence-electron chi connectivity index (χ2n) is 8.47. The first-order chi connectivity index (χ1) is 15.8. The summed E-state index contributed by atoms with van der Waals surface area (Å²) in [5.74, 6) is 1.20. The molecule has 32 heavy (non-hydrogen) atoms. The molecule has 2 aromatic heterocycles. The number of nitrogens with one attached hydrogen (secondary N) is 1. The van der Waals surface area contributed by atoms with Gasteiger partial charge in [-0.15, -0.1) is 0 Å². The highest BCUT2D eigenvalue weighted by molar-refractivity contribution is 6.30. The maximum Gasteiger partial charge on any atom is 0.129 e. The molecule has 1 aromatic carbocycles. The monoisotopic (exact) mass is 445 g/mol. The van der Waals surface area contributed by atoms with Gasteiger partial charge in [0.05, 0.1) is 17.8 Å². The van der Waals surface area contributed by atoms with Gasteiger partial charge in [0.2, 0.25) is 0 Å². The van der Waals surface area contributed by atoms with E-state index in [1.165, 1.54) is 5.56 Å². The zero-order valence-corrected chi connectivity index (χ0v) is 18.7. The number of aromatic amines is 1. The first-order valence-electron chi connectivity index (χ1n) is 11.3. The number of allylic oxidation sites excluding steroid dienone is 3. The molecule has 0 fully saturated rings. The second-order valence-corrected chi connectivity index (χ2v) is 8.91. The topological polar surface area (TPSA) is 70.8 Å². The highest BCUT2D eigenvalue weighted by Gasteiger charge is 2.38. The summed E-state index contributed by atoms with van der Waals surface area (Å²) in [6, 6.07) is 10.4. The SMILES string of the molecule is NCc1ccc(Cl)cc1N(C1CCCc2cccnc21)C(c1ncc[nH]1)C1C=CC=CC1. The lowest BCUT2D eigenvalue weighted by Gasteiger charge is -2.44. The molecule has 0 spiro atoms. The molecule has 0 aliphatic heterocycles. The maximum absolute atomic E-state index is 6.54. The van der Waals surface area contributed by atoms with E-state index in [1.807, 2.05) is 36.8 Å². The summed E-state index contributed by atoms with van der Waals surface area (Å²) < 4.78 is 0. The molecule has 0 saturated heterocycles. The molecule has 0 amide bonds. The number of nitrogens with two attached hydrogens (primary N) is 1. The van der Waals surface area contributed by atoms with Gasteiger partial charge in [-0.05, 0) is 55.0 Å². The van der Waals surface area contributed by atoms with Crippen LogP contribution in [0.25, 0.3) is 0 Å². The fourth-order valence-corrected chi connectivity index (χ4v) is 5.30. The third kappa shape index (κ3) is 3.98. The summed E-state index contributed by atoms with van der Waals surface area (Å²) in [5.41, 5.74) is 10.8. The van der Waals surface area contributed by atoms with Gasteiger partial charge in [-0.25, -0.2) is 4.98 Å². The maximum atomic E-state index is 6.54. The summed E-state index contributed by atoms with van der Waals surface area (Å²) in [5, 5.41) is 0.705. The summed E-state index contributed by atoms with van der Waals surface area (Å²) >= 11 is 6.54.